The van der Waals surface area contributed by atoms with Crippen molar-refractivity contribution in [2.75, 3.05) is 19.5 Å². The van der Waals surface area contributed by atoms with Crippen LogP contribution in [-0.4, -0.2) is 14.2 Å². The number of halogens is 2. The Morgan fingerprint density at radius 2 is 1.76 bits per heavy atom. The molecule has 21 heavy (non-hydrogen) atoms. The Bertz CT molecular complexity index is 634. The van der Waals surface area contributed by atoms with Crippen molar-refractivity contribution < 1.29 is 9.47 Å². The van der Waals surface area contributed by atoms with Crippen LogP contribution in [0.25, 0.3) is 0 Å². The van der Waals surface area contributed by atoms with Crippen molar-refractivity contribution in [2.24, 2.45) is 0 Å². The lowest BCUT2D eigenvalue weighted by Crippen LogP contribution is -2.07. The van der Waals surface area contributed by atoms with Crippen LogP contribution in [0, 0.1) is 0 Å². The van der Waals surface area contributed by atoms with E-state index in [1.807, 2.05) is 36.4 Å². The number of methoxy groups -OCH3 is 2. The number of ether oxygens (including phenoxy) is 2. The fourth-order valence-electron chi connectivity index (χ4n) is 2.05. The Morgan fingerprint density at radius 3 is 2.43 bits per heavy atom. The maximum atomic E-state index is 6.04. The first kappa shape index (κ1) is 16.0. The maximum absolute atomic E-state index is 6.04. The van der Waals surface area contributed by atoms with Gasteiger partial charge >= 0.3 is 0 Å². The summed E-state index contributed by atoms with van der Waals surface area (Å²) in [7, 11) is 3.26. The summed E-state index contributed by atoms with van der Waals surface area (Å²) in [6.07, 6.45) is 0. The Morgan fingerprint density at radius 1 is 1.05 bits per heavy atom. The third kappa shape index (κ3) is 3.83. The average Bonchev–Trinajstić information content (AvgIpc) is 2.50. The van der Waals surface area contributed by atoms with E-state index in [1.165, 1.54) is 0 Å². The van der Waals surface area contributed by atoms with Crippen LogP contribution < -0.4 is 14.8 Å². The Hall–Kier alpha value is -1.39. The maximum Gasteiger partial charge on any atom is 0.161 e. The molecule has 1 atom stereocenters. The van der Waals surface area contributed by atoms with Gasteiger partial charge in [-0.2, -0.15) is 0 Å². The molecule has 1 unspecified atom stereocenters. The standard InChI is InChI=1S/C16H17BrClNO2/c1-10(19-14-9-12(18)5-6-13(14)17)11-4-7-15(20-2)16(8-11)21-3/h4-10,19H,1-3H3. The van der Waals surface area contributed by atoms with E-state index < -0.39 is 0 Å². The van der Waals surface area contributed by atoms with Gasteiger partial charge in [0.15, 0.2) is 11.5 Å². The van der Waals surface area contributed by atoms with Crippen LogP contribution in [0.3, 0.4) is 0 Å². The number of anilines is 1. The van der Waals surface area contributed by atoms with Gasteiger partial charge < -0.3 is 14.8 Å². The number of hydrogen-bond donors (Lipinski definition) is 1. The van der Waals surface area contributed by atoms with E-state index in [4.69, 9.17) is 21.1 Å². The molecule has 0 saturated carbocycles. The zero-order valence-electron chi connectivity index (χ0n) is 12.1. The highest BCUT2D eigenvalue weighted by atomic mass is 79.9. The number of nitrogens with one attached hydrogen (secondary N) is 1. The molecular formula is C16H17BrClNO2. The highest BCUT2D eigenvalue weighted by Crippen LogP contribution is 2.33. The molecule has 0 fully saturated rings. The highest BCUT2D eigenvalue weighted by Gasteiger charge is 2.11. The topological polar surface area (TPSA) is 30.5 Å². The molecule has 0 amide bonds. The SMILES string of the molecule is COc1ccc(C(C)Nc2cc(Cl)ccc2Br)cc1OC. The van der Waals surface area contributed by atoms with Crippen molar-refractivity contribution in [1.82, 2.24) is 0 Å². The molecule has 3 nitrogen and oxygen atoms in total. The van der Waals surface area contributed by atoms with Crippen LogP contribution in [0.2, 0.25) is 5.02 Å². The Labute approximate surface area is 138 Å². The third-order valence-electron chi connectivity index (χ3n) is 3.21. The van der Waals surface area contributed by atoms with Crippen molar-refractivity contribution >= 4 is 33.2 Å². The van der Waals surface area contributed by atoms with E-state index in [9.17, 15) is 0 Å². The van der Waals surface area contributed by atoms with Gasteiger partial charge in [0, 0.05) is 15.5 Å². The molecule has 2 aromatic rings. The van der Waals surface area contributed by atoms with Gasteiger partial charge in [0.1, 0.15) is 0 Å². The molecule has 0 bridgehead atoms. The summed E-state index contributed by atoms with van der Waals surface area (Å²) in [5.74, 6) is 1.44. The van der Waals surface area contributed by atoms with E-state index in [0.29, 0.717) is 10.8 Å². The van der Waals surface area contributed by atoms with Crippen LogP contribution in [0.4, 0.5) is 5.69 Å². The van der Waals surface area contributed by atoms with Gasteiger partial charge in [-0.25, -0.2) is 0 Å². The lowest BCUT2D eigenvalue weighted by Gasteiger charge is -2.18. The van der Waals surface area contributed by atoms with Gasteiger partial charge in [0.05, 0.1) is 19.9 Å². The van der Waals surface area contributed by atoms with E-state index >= 15 is 0 Å². The zero-order valence-corrected chi connectivity index (χ0v) is 14.5. The molecule has 0 aliphatic heterocycles. The summed E-state index contributed by atoms with van der Waals surface area (Å²) >= 11 is 9.55. The Kier molecular flexibility index (Phi) is 5.37. The molecule has 2 aromatic carbocycles. The van der Waals surface area contributed by atoms with Crippen LogP contribution in [0.1, 0.15) is 18.5 Å². The highest BCUT2D eigenvalue weighted by molar-refractivity contribution is 9.10. The van der Waals surface area contributed by atoms with Crippen LogP contribution in [-0.2, 0) is 0 Å². The molecule has 1 N–H and O–H groups in total. The van der Waals surface area contributed by atoms with E-state index in [0.717, 1.165) is 21.5 Å². The van der Waals surface area contributed by atoms with Crippen molar-refractivity contribution in [3.8, 4) is 11.5 Å². The largest absolute Gasteiger partial charge is 0.493 e. The van der Waals surface area contributed by atoms with Crippen LogP contribution >= 0.6 is 27.5 Å². The summed E-state index contributed by atoms with van der Waals surface area (Å²) in [5, 5.41) is 4.12. The minimum atomic E-state index is 0.0968. The van der Waals surface area contributed by atoms with Gasteiger partial charge in [0.2, 0.25) is 0 Å². The molecule has 2 rings (SSSR count). The minimum absolute atomic E-state index is 0.0968. The molecule has 0 spiro atoms. The second kappa shape index (κ2) is 7.05. The third-order valence-corrected chi connectivity index (χ3v) is 4.13. The number of benzene rings is 2. The molecule has 0 aliphatic rings. The molecule has 0 aliphatic carbocycles. The first-order valence-corrected chi connectivity index (χ1v) is 7.65. The van der Waals surface area contributed by atoms with Crippen molar-refractivity contribution in [3.05, 3.63) is 51.5 Å². The van der Waals surface area contributed by atoms with Gasteiger partial charge in [-0.3, -0.25) is 0 Å². The molecule has 0 aromatic heterocycles. The predicted octanol–water partition coefficient (Wildman–Crippen LogP) is 5.29. The van der Waals surface area contributed by atoms with Crippen molar-refractivity contribution in [3.63, 3.8) is 0 Å². The monoisotopic (exact) mass is 369 g/mol. The number of hydrogen-bond acceptors (Lipinski definition) is 3. The predicted molar refractivity (Wildman–Crippen MR) is 90.7 cm³/mol. The Balaban J connectivity index is 2.24. The molecule has 112 valence electrons. The first-order valence-electron chi connectivity index (χ1n) is 6.48. The van der Waals surface area contributed by atoms with Crippen LogP contribution in [0.15, 0.2) is 40.9 Å². The fraction of sp³-hybridized carbons (Fsp3) is 0.250. The van der Waals surface area contributed by atoms with Gasteiger partial charge in [-0.1, -0.05) is 17.7 Å². The quantitative estimate of drug-likeness (QED) is 0.775. The second-order valence-electron chi connectivity index (χ2n) is 4.60. The van der Waals surface area contributed by atoms with E-state index in [1.54, 1.807) is 14.2 Å². The first-order chi connectivity index (χ1) is 10.0. The lowest BCUT2D eigenvalue weighted by molar-refractivity contribution is 0.354. The summed E-state index contributed by atoms with van der Waals surface area (Å²) in [4.78, 5) is 0. The molecule has 0 heterocycles. The molecule has 0 radical (unpaired) electrons. The molecule has 5 heteroatoms. The average molecular weight is 371 g/mol. The second-order valence-corrected chi connectivity index (χ2v) is 5.90. The summed E-state index contributed by atoms with van der Waals surface area (Å²) in [6.45, 7) is 2.08. The van der Waals surface area contributed by atoms with Gasteiger partial charge in [-0.15, -0.1) is 0 Å². The summed E-state index contributed by atoms with van der Waals surface area (Å²) in [6, 6.07) is 11.6. The van der Waals surface area contributed by atoms with E-state index in [-0.39, 0.29) is 6.04 Å². The fourth-order valence-corrected chi connectivity index (χ4v) is 2.58. The zero-order chi connectivity index (χ0) is 15.4. The van der Waals surface area contributed by atoms with Gasteiger partial charge in [-0.05, 0) is 58.7 Å². The molecule has 0 saturated heterocycles. The minimum Gasteiger partial charge on any atom is -0.493 e. The summed E-state index contributed by atoms with van der Waals surface area (Å²) < 4.78 is 11.6. The smallest absolute Gasteiger partial charge is 0.161 e. The van der Waals surface area contributed by atoms with E-state index in [2.05, 4.69) is 28.2 Å². The van der Waals surface area contributed by atoms with Crippen LogP contribution in [0.5, 0.6) is 11.5 Å². The van der Waals surface area contributed by atoms with Crippen molar-refractivity contribution in [2.45, 2.75) is 13.0 Å². The number of rotatable bonds is 5. The van der Waals surface area contributed by atoms with Crippen molar-refractivity contribution in [1.29, 1.82) is 0 Å². The normalized spacial score (nSPS) is 11.9. The molecular weight excluding hydrogens is 354 g/mol. The summed E-state index contributed by atoms with van der Waals surface area (Å²) in [5.41, 5.74) is 2.05. The van der Waals surface area contributed by atoms with Gasteiger partial charge in [0.25, 0.3) is 0 Å². The lowest BCUT2D eigenvalue weighted by atomic mass is 10.1.